The number of nitrogens with one attached hydrogen (secondary N) is 1. The predicted molar refractivity (Wildman–Crippen MR) is 82.4 cm³/mol. The van der Waals surface area contributed by atoms with E-state index in [9.17, 15) is 5.11 Å². The Morgan fingerprint density at radius 3 is 2.75 bits per heavy atom. The topological polar surface area (TPSA) is 41.5 Å². The molecule has 0 heterocycles. The predicted octanol–water partition coefficient (Wildman–Crippen LogP) is 4.10. The maximum absolute atomic E-state index is 9.98. The summed E-state index contributed by atoms with van der Waals surface area (Å²) < 4.78 is 5.60. The fourth-order valence-electron chi connectivity index (χ4n) is 1.98. The molecule has 0 spiro atoms. The number of aromatic hydroxyl groups is 1. The van der Waals surface area contributed by atoms with Crippen LogP contribution in [0.4, 0.5) is 5.69 Å². The van der Waals surface area contributed by atoms with Gasteiger partial charge in [-0.2, -0.15) is 0 Å². The molecule has 0 atom stereocenters. The van der Waals surface area contributed by atoms with Gasteiger partial charge < -0.3 is 15.2 Å². The van der Waals surface area contributed by atoms with Gasteiger partial charge in [-0.25, -0.2) is 0 Å². The lowest BCUT2D eigenvalue weighted by atomic mass is 10.1. The largest absolute Gasteiger partial charge is 0.507 e. The molecule has 0 fully saturated rings. The number of anilines is 1. The number of aryl methyl sites for hydroxylation is 1. The summed E-state index contributed by atoms with van der Waals surface area (Å²) in [5.41, 5.74) is 2.77. The maximum Gasteiger partial charge on any atom is 0.123 e. The molecule has 0 saturated heterocycles. The van der Waals surface area contributed by atoms with Gasteiger partial charge in [-0.1, -0.05) is 31.2 Å². The molecular weight excluding hydrogens is 250 g/mol. The van der Waals surface area contributed by atoms with Crippen LogP contribution in [0.3, 0.4) is 0 Å². The Hall–Kier alpha value is -2.16. The quantitative estimate of drug-likeness (QED) is 0.831. The van der Waals surface area contributed by atoms with Crippen molar-refractivity contribution in [3.05, 3.63) is 53.6 Å². The molecule has 0 aromatic heterocycles. The molecule has 2 aromatic rings. The zero-order valence-corrected chi connectivity index (χ0v) is 12.0. The maximum atomic E-state index is 9.98. The molecule has 0 radical (unpaired) electrons. The first-order valence-corrected chi connectivity index (χ1v) is 6.95. The van der Waals surface area contributed by atoms with Crippen LogP contribution in [0.5, 0.6) is 11.5 Å². The fraction of sp³-hybridized carbons (Fsp3) is 0.294. The Balaban J connectivity index is 2.01. The highest BCUT2D eigenvalue weighted by atomic mass is 16.5. The number of hydrogen-bond donors (Lipinski definition) is 2. The van der Waals surface area contributed by atoms with Gasteiger partial charge in [-0.05, 0) is 31.0 Å². The van der Waals surface area contributed by atoms with Crippen LogP contribution < -0.4 is 10.1 Å². The summed E-state index contributed by atoms with van der Waals surface area (Å²) in [5, 5.41) is 13.3. The first-order valence-electron chi connectivity index (χ1n) is 6.95. The van der Waals surface area contributed by atoms with Crippen molar-refractivity contribution in [2.75, 3.05) is 11.9 Å². The van der Waals surface area contributed by atoms with E-state index in [1.54, 1.807) is 0 Å². The molecule has 0 unspecified atom stereocenters. The van der Waals surface area contributed by atoms with Crippen molar-refractivity contribution >= 4 is 5.69 Å². The van der Waals surface area contributed by atoms with Crippen LogP contribution in [0.2, 0.25) is 0 Å². The Bertz CT molecular complexity index is 567. The van der Waals surface area contributed by atoms with Gasteiger partial charge in [0.1, 0.15) is 11.5 Å². The Kier molecular flexibility index (Phi) is 4.88. The van der Waals surface area contributed by atoms with Crippen molar-refractivity contribution in [1.82, 2.24) is 0 Å². The van der Waals surface area contributed by atoms with Crippen molar-refractivity contribution in [3.8, 4) is 11.5 Å². The Morgan fingerprint density at radius 2 is 1.95 bits per heavy atom. The van der Waals surface area contributed by atoms with E-state index in [-0.39, 0.29) is 0 Å². The molecule has 2 aromatic carbocycles. The molecule has 0 aliphatic heterocycles. The molecule has 0 aliphatic rings. The third kappa shape index (κ3) is 3.67. The lowest BCUT2D eigenvalue weighted by Crippen LogP contribution is -2.01. The second-order valence-electron chi connectivity index (χ2n) is 4.81. The van der Waals surface area contributed by atoms with E-state index in [1.165, 1.54) is 0 Å². The van der Waals surface area contributed by atoms with Crippen molar-refractivity contribution in [2.24, 2.45) is 0 Å². The van der Waals surface area contributed by atoms with Crippen molar-refractivity contribution < 1.29 is 9.84 Å². The number of phenolic OH excluding ortho intramolecular Hbond substituents is 1. The van der Waals surface area contributed by atoms with Crippen LogP contribution in [0.15, 0.2) is 42.5 Å². The van der Waals surface area contributed by atoms with E-state index in [1.807, 2.05) is 49.4 Å². The first kappa shape index (κ1) is 14.3. The molecule has 0 aliphatic carbocycles. The number of phenols is 1. The Labute approximate surface area is 120 Å². The smallest absolute Gasteiger partial charge is 0.123 e. The highest BCUT2D eigenvalue weighted by molar-refractivity contribution is 5.50. The van der Waals surface area contributed by atoms with E-state index in [0.717, 1.165) is 35.6 Å². The third-order valence-electron chi connectivity index (χ3n) is 3.11. The molecule has 0 bridgehead atoms. The van der Waals surface area contributed by atoms with Crippen LogP contribution in [-0.4, -0.2) is 11.7 Å². The Morgan fingerprint density at radius 1 is 1.15 bits per heavy atom. The highest BCUT2D eigenvalue weighted by Crippen LogP contribution is 2.23. The molecule has 0 amide bonds. The molecule has 2 N–H and O–H groups in total. The highest BCUT2D eigenvalue weighted by Gasteiger charge is 2.03. The second-order valence-corrected chi connectivity index (χ2v) is 4.81. The first-order chi connectivity index (χ1) is 9.70. The minimum atomic E-state index is 0.360. The SMILES string of the molecule is CCCOc1cccc(NCc2cccc(C)c2O)c1. The van der Waals surface area contributed by atoms with Crippen LogP contribution in [0.25, 0.3) is 0 Å². The molecular formula is C17H21NO2. The zero-order chi connectivity index (χ0) is 14.4. The standard InChI is InChI=1S/C17H21NO2/c1-3-10-20-16-9-5-8-15(11-16)18-12-14-7-4-6-13(2)17(14)19/h4-9,11,18-19H,3,10,12H2,1-2H3. The minimum absolute atomic E-state index is 0.360. The number of para-hydroxylation sites is 1. The molecule has 106 valence electrons. The normalized spacial score (nSPS) is 10.3. The lowest BCUT2D eigenvalue weighted by Gasteiger charge is -2.11. The van der Waals surface area contributed by atoms with Gasteiger partial charge in [0, 0.05) is 23.9 Å². The van der Waals surface area contributed by atoms with E-state index in [0.29, 0.717) is 12.3 Å². The molecule has 3 heteroatoms. The molecule has 2 rings (SSSR count). The number of hydrogen-bond acceptors (Lipinski definition) is 3. The van der Waals surface area contributed by atoms with Crippen LogP contribution in [0.1, 0.15) is 24.5 Å². The summed E-state index contributed by atoms with van der Waals surface area (Å²) in [6, 6.07) is 13.7. The van der Waals surface area contributed by atoms with Gasteiger partial charge in [-0.15, -0.1) is 0 Å². The van der Waals surface area contributed by atoms with E-state index in [4.69, 9.17) is 4.74 Å². The van der Waals surface area contributed by atoms with Gasteiger partial charge in [0.25, 0.3) is 0 Å². The molecule has 0 saturated carbocycles. The second kappa shape index (κ2) is 6.85. The summed E-state index contributed by atoms with van der Waals surface area (Å²) in [6.07, 6.45) is 0.995. The average molecular weight is 271 g/mol. The van der Waals surface area contributed by atoms with Crippen molar-refractivity contribution in [3.63, 3.8) is 0 Å². The number of rotatable bonds is 6. The summed E-state index contributed by atoms with van der Waals surface area (Å²) in [7, 11) is 0. The number of ether oxygens (including phenoxy) is 1. The third-order valence-corrected chi connectivity index (χ3v) is 3.11. The minimum Gasteiger partial charge on any atom is -0.507 e. The zero-order valence-electron chi connectivity index (χ0n) is 12.0. The van der Waals surface area contributed by atoms with Crippen LogP contribution in [0, 0.1) is 6.92 Å². The van der Waals surface area contributed by atoms with Gasteiger partial charge >= 0.3 is 0 Å². The monoisotopic (exact) mass is 271 g/mol. The summed E-state index contributed by atoms with van der Waals surface area (Å²) in [6.45, 7) is 5.30. The summed E-state index contributed by atoms with van der Waals surface area (Å²) >= 11 is 0. The van der Waals surface area contributed by atoms with E-state index >= 15 is 0 Å². The fourth-order valence-corrected chi connectivity index (χ4v) is 1.98. The van der Waals surface area contributed by atoms with E-state index in [2.05, 4.69) is 12.2 Å². The average Bonchev–Trinajstić information content (AvgIpc) is 2.47. The molecule has 20 heavy (non-hydrogen) atoms. The summed E-state index contributed by atoms with van der Waals surface area (Å²) in [5.74, 6) is 1.23. The summed E-state index contributed by atoms with van der Waals surface area (Å²) in [4.78, 5) is 0. The van der Waals surface area contributed by atoms with Crippen LogP contribution in [-0.2, 0) is 6.54 Å². The molecule has 3 nitrogen and oxygen atoms in total. The van der Waals surface area contributed by atoms with Gasteiger partial charge in [-0.3, -0.25) is 0 Å². The van der Waals surface area contributed by atoms with Gasteiger partial charge in [0.2, 0.25) is 0 Å². The van der Waals surface area contributed by atoms with Gasteiger partial charge in [0.15, 0.2) is 0 Å². The van der Waals surface area contributed by atoms with Gasteiger partial charge in [0.05, 0.1) is 6.61 Å². The van der Waals surface area contributed by atoms with Crippen molar-refractivity contribution in [2.45, 2.75) is 26.8 Å². The number of benzene rings is 2. The van der Waals surface area contributed by atoms with E-state index < -0.39 is 0 Å². The lowest BCUT2D eigenvalue weighted by molar-refractivity contribution is 0.317. The van der Waals surface area contributed by atoms with Crippen molar-refractivity contribution in [1.29, 1.82) is 0 Å². The van der Waals surface area contributed by atoms with Crippen LogP contribution >= 0.6 is 0 Å².